The second kappa shape index (κ2) is 6.60. The van der Waals surface area contributed by atoms with Crippen molar-refractivity contribution in [1.29, 1.82) is 0 Å². The summed E-state index contributed by atoms with van der Waals surface area (Å²) >= 11 is 3.24. The van der Waals surface area contributed by atoms with E-state index in [1.54, 1.807) is 12.1 Å². The first-order chi connectivity index (χ1) is 9.92. The molecule has 0 aliphatic rings. The number of anilines is 1. The monoisotopic (exact) mass is 368 g/mol. The van der Waals surface area contributed by atoms with Gasteiger partial charge in [-0.2, -0.15) is 0 Å². The molecule has 0 fully saturated rings. The molecule has 0 aromatic heterocycles. The normalized spacial score (nSPS) is 11.5. The molecule has 6 heteroatoms. The van der Waals surface area contributed by atoms with Gasteiger partial charge in [0.2, 0.25) is 10.0 Å². The predicted octanol–water partition coefficient (Wildman–Crippen LogP) is 3.07. The van der Waals surface area contributed by atoms with Crippen LogP contribution in [0.15, 0.2) is 51.8 Å². The van der Waals surface area contributed by atoms with E-state index in [9.17, 15) is 8.42 Å². The Labute approximate surface area is 133 Å². The summed E-state index contributed by atoms with van der Waals surface area (Å²) in [5.41, 5.74) is 8.19. The third-order valence-electron chi connectivity index (χ3n) is 3.14. The maximum Gasteiger partial charge on any atom is 0.242 e. The summed E-state index contributed by atoms with van der Waals surface area (Å²) < 4.78 is 27.7. The molecule has 0 heterocycles. The molecule has 0 bridgehead atoms. The Morgan fingerprint density at radius 3 is 2.33 bits per heavy atom. The number of hydrogen-bond donors (Lipinski definition) is 2. The van der Waals surface area contributed by atoms with E-state index >= 15 is 0 Å². The SMILES string of the molecule is CCc1ccc(CNS(=O)(=O)c2cc(N)ccc2Br)cc1. The number of nitrogens with one attached hydrogen (secondary N) is 1. The fourth-order valence-electron chi connectivity index (χ4n) is 1.87. The van der Waals surface area contributed by atoms with Crippen LogP contribution in [0, 0.1) is 0 Å². The van der Waals surface area contributed by atoms with E-state index in [-0.39, 0.29) is 11.4 Å². The lowest BCUT2D eigenvalue weighted by Crippen LogP contribution is -2.23. The van der Waals surface area contributed by atoms with Crippen molar-refractivity contribution in [1.82, 2.24) is 4.72 Å². The van der Waals surface area contributed by atoms with Gasteiger partial charge in [0.25, 0.3) is 0 Å². The third kappa shape index (κ3) is 4.06. The summed E-state index contributed by atoms with van der Waals surface area (Å²) in [6.07, 6.45) is 0.961. The average molecular weight is 369 g/mol. The Hall–Kier alpha value is -1.37. The summed E-state index contributed by atoms with van der Waals surface area (Å²) in [7, 11) is -3.60. The van der Waals surface area contributed by atoms with Gasteiger partial charge in [-0.15, -0.1) is 0 Å². The van der Waals surface area contributed by atoms with E-state index in [4.69, 9.17) is 5.73 Å². The van der Waals surface area contributed by atoms with E-state index < -0.39 is 10.0 Å². The fraction of sp³-hybridized carbons (Fsp3) is 0.200. The number of sulfonamides is 1. The lowest BCUT2D eigenvalue weighted by atomic mass is 10.1. The predicted molar refractivity (Wildman–Crippen MR) is 88.4 cm³/mol. The number of hydrogen-bond acceptors (Lipinski definition) is 3. The average Bonchev–Trinajstić information content (AvgIpc) is 2.48. The van der Waals surface area contributed by atoms with Crippen LogP contribution in [0.4, 0.5) is 5.69 Å². The largest absolute Gasteiger partial charge is 0.399 e. The van der Waals surface area contributed by atoms with Gasteiger partial charge in [-0.1, -0.05) is 31.2 Å². The van der Waals surface area contributed by atoms with Crippen LogP contribution in [0.2, 0.25) is 0 Å². The standard InChI is InChI=1S/C15H17BrN2O2S/c1-2-11-3-5-12(6-4-11)10-18-21(19,20)15-9-13(17)7-8-14(15)16/h3-9,18H,2,10,17H2,1H3. The van der Waals surface area contributed by atoms with Gasteiger partial charge in [0.1, 0.15) is 0 Å². The van der Waals surface area contributed by atoms with Crippen molar-refractivity contribution in [3.63, 3.8) is 0 Å². The quantitative estimate of drug-likeness (QED) is 0.796. The van der Waals surface area contributed by atoms with Crippen LogP contribution < -0.4 is 10.5 Å². The minimum absolute atomic E-state index is 0.146. The van der Waals surface area contributed by atoms with Crippen LogP contribution in [-0.2, 0) is 23.0 Å². The highest BCUT2D eigenvalue weighted by atomic mass is 79.9. The molecule has 4 nitrogen and oxygen atoms in total. The van der Waals surface area contributed by atoms with Crippen LogP contribution >= 0.6 is 15.9 Å². The number of benzene rings is 2. The first kappa shape index (κ1) is 16.0. The molecule has 3 N–H and O–H groups in total. The molecule has 2 aromatic rings. The maximum atomic E-state index is 12.3. The Bertz CT molecular complexity index is 728. The summed E-state index contributed by atoms with van der Waals surface area (Å²) in [4.78, 5) is 0.146. The zero-order valence-electron chi connectivity index (χ0n) is 11.6. The molecular formula is C15H17BrN2O2S. The molecule has 0 saturated carbocycles. The van der Waals surface area contributed by atoms with Crippen LogP contribution in [0.3, 0.4) is 0 Å². The molecule has 2 aromatic carbocycles. The third-order valence-corrected chi connectivity index (χ3v) is 5.54. The van der Waals surface area contributed by atoms with Crippen LogP contribution in [0.5, 0.6) is 0 Å². The van der Waals surface area contributed by atoms with E-state index in [1.165, 1.54) is 11.6 Å². The number of aryl methyl sites for hydroxylation is 1. The number of nitrogen functional groups attached to an aromatic ring is 1. The molecule has 0 unspecified atom stereocenters. The second-order valence-corrected chi connectivity index (χ2v) is 7.27. The van der Waals surface area contributed by atoms with E-state index in [2.05, 4.69) is 27.6 Å². The maximum absolute atomic E-state index is 12.3. The van der Waals surface area contributed by atoms with Crippen molar-refractivity contribution in [2.24, 2.45) is 0 Å². The van der Waals surface area contributed by atoms with Gasteiger partial charge in [-0.05, 0) is 51.7 Å². The van der Waals surface area contributed by atoms with Crippen LogP contribution in [0.25, 0.3) is 0 Å². The highest BCUT2D eigenvalue weighted by molar-refractivity contribution is 9.10. The molecule has 0 aliphatic carbocycles. The summed E-state index contributed by atoms with van der Waals surface area (Å²) in [5.74, 6) is 0. The minimum atomic E-state index is -3.60. The number of halogens is 1. The summed E-state index contributed by atoms with van der Waals surface area (Å²) in [6.45, 7) is 2.32. The van der Waals surface area contributed by atoms with Crippen molar-refractivity contribution >= 4 is 31.6 Å². The van der Waals surface area contributed by atoms with Crippen molar-refractivity contribution < 1.29 is 8.42 Å². The van der Waals surface area contributed by atoms with Gasteiger partial charge in [0, 0.05) is 16.7 Å². The van der Waals surface area contributed by atoms with E-state index in [0.29, 0.717) is 10.2 Å². The Morgan fingerprint density at radius 2 is 1.71 bits per heavy atom. The van der Waals surface area contributed by atoms with Gasteiger partial charge in [-0.3, -0.25) is 0 Å². The second-order valence-electron chi connectivity index (χ2n) is 4.68. The molecule has 0 amide bonds. The minimum Gasteiger partial charge on any atom is -0.399 e. The Kier molecular flexibility index (Phi) is 5.03. The smallest absolute Gasteiger partial charge is 0.242 e. The van der Waals surface area contributed by atoms with E-state index in [0.717, 1.165) is 12.0 Å². The number of nitrogens with two attached hydrogens (primary N) is 1. The zero-order valence-corrected chi connectivity index (χ0v) is 14.0. The van der Waals surface area contributed by atoms with Gasteiger partial charge < -0.3 is 5.73 Å². The van der Waals surface area contributed by atoms with E-state index in [1.807, 2.05) is 24.3 Å². The van der Waals surface area contributed by atoms with Crippen LogP contribution in [-0.4, -0.2) is 8.42 Å². The molecular weight excluding hydrogens is 352 g/mol. The number of rotatable bonds is 5. The van der Waals surface area contributed by atoms with Crippen molar-refractivity contribution in [3.8, 4) is 0 Å². The van der Waals surface area contributed by atoms with Gasteiger partial charge >= 0.3 is 0 Å². The Balaban J connectivity index is 2.15. The molecule has 0 atom stereocenters. The molecule has 0 radical (unpaired) electrons. The first-order valence-electron chi connectivity index (χ1n) is 6.55. The molecule has 21 heavy (non-hydrogen) atoms. The summed E-state index contributed by atoms with van der Waals surface area (Å²) in [6, 6.07) is 12.6. The lowest BCUT2D eigenvalue weighted by molar-refractivity contribution is 0.581. The molecule has 0 aliphatic heterocycles. The van der Waals surface area contributed by atoms with Gasteiger partial charge in [0.05, 0.1) is 4.90 Å². The highest BCUT2D eigenvalue weighted by Gasteiger charge is 2.17. The topological polar surface area (TPSA) is 72.2 Å². The fourth-order valence-corrected chi connectivity index (χ4v) is 3.89. The molecule has 2 rings (SSSR count). The van der Waals surface area contributed by atoms with Crippen molar-refractivity contribution in [3.05, 3.63) is 58.1 Å². The molecule has 0 saturated heterocycles. The van der Waals surface area contributed by atoms with Crippen molar-refractivity contribution in [2.45, 2.75) is 24.8 Å². The Morgan fingerprint density at radius 1 is 1.10 bits per heavy atom. The zero-order chi connectivity index (χ0) is 15.5. The van der Waals surface area contributed by atoms with Crippen molar-refractivity contribution in [2.75, 3.05) is 5.73 Å². The first-order valence-corrected chi connectivity index (χ1v) is 8.82. The van der Waals surface area contributed by atoms with Gasteiger partial charge in [-0.25, -0.2) is 13.1 Å². The molecule has 112 valence electrons. The molecule has 0 spiro atoms. The highest BCUT2D eigenvalue weighted by Crippen LogP contribution is 2.24. The van der Waals surface area contributed by atoms with Gasteiger partial charge in [0.15, 0.2) is 0 Å². The van der Waals surface area contributed by atoms with Crippen LogP contribution in [0.1, 0.15) is 18.1 Å². The summed E-state index contributed by atoms with van der Waals surface area (Å²) in [5, 5.41) is 0. The lowest BCUT2D eigenvalue weighted by Gasteiger charge is -2.09.